The summed E-state index contributed by atoms with van der Waals surface area (Å²) < 4.78 is 43.4. The molecule has 0 N–H and O–H groups in total. The van der Waals surface area contributed by atoms with Gasteiger partial charge in [-0.2, -0.15) is 9.97 Å². The molecule has 0 bridgehead atoms. The van der Waals surface area contributed by atoms with Crippen LogP contribution in [0, 0.1) is 0 Å². The summed E-state index contributed by atoms with van der Waals surface area (Å²) in [5.74, 6) is 1.24. The Balaban J connectivity index is 1.14. The molecule has 8 aromatic carbocycles. The predicted octanol–water partition coefficient (Wildman–Crippen LogP) is 11.9. The van der Waals surface area contributed by atoms with E-state index in [9.17, 15) is 2.74 Å². The zero-order valence-corrected chi connectivity index (χ0v) is 37.3. The van der Waals surface area contributed by atoms with Gasteiger partial charge in [0, 0.05) is 38.6 Å². The van der Waals surface area contributed by atoms with Crippen LogP contribution in [0.4, 0.5) is 11.6 Å². The minimum atomic E-state index is -2.97. The van der Waals surface area contributed by atoms with Crippen molar-refractivity contribution in [3.8, 4) is 33.9 Å². The lowest BCUT2D eigenvalue weighted by molar-refractivity contribution is 0.193. The molecule has 0 saturated heterocycles. The minimum Gasteiger partial charge on any atom is -0.455 e. The molecule has 65 heavy (non-hydrogen) atoms. The standard InChI is InChI=1S/C59H48N4OSi/c1-58-38-18-19-39-59(58,2)63(52-36-16-15-35-51(52)58)57-61-55(60-56(62-57)50-32-13-12-30-46(50)48-33-21-34-49-47-31-14-17-37-53(47)64-54(48)49)41-22-20-29-45(40-41)65(42-23-6-3-7-24-42,43-25-8-4-9-26-43)44-27-10-5-11-28-44/h3-17,20-37,40H,18-19,38-39H2,1-2H3/i15D,16D,35D,36D. The van der Waals surface area contributed by atoms with Gasteiger partial charge in [-0.1, -0.05) is 214 Å². The smallest absolute Gasteiger partial charge is 0.234 e. The number of hydrogen-bond donors (Lipinski definition) is 0. The third-order valence-electron chi connectivity index (χ3n) is 14.6. The maximum Gasteiger partial charge on any atom is 0.234 e. The third-order valence-corrected chi connectivity index (χ3v) is 19.4. The quantitative estimate of drug-likeness (QED) is 0.113. The van der Waals surface area contributed by atoms with Crippen molar-refractivity contribution in [1.29, 1.82) is 0 Å². The molecule has 1 saturated carbocycles. The van der Waals surface area contributed by atoms with Crippen LogP contribution >= 0.6 is 0 Å². The van der Waals surface area contributed by atoms with Gasteiger partial charge in [0.15, 0.2) is 19.7 Å². The molecule has 1 fully saturated rings. The molecule has 10 aromatic rings. The molecule has 0 amide bonds. The fraction of sp³-hybridized carbons (Fsp3) is 0.136. The topological polar surface area (TPSA) is 55.1 Å². The Morgan fingerprint density at radius 3 is 1.85 bits per heavy atom. The Bertz CT molecular complexity index is 3530. The van der Waals surface area contributed by atoms with E-state index in [-0.39, 0.29) is 24.2 Å². The van der Waals surface area contributed by atoms with Crippen LogP contribution in [0.3, 0.4) is 0 Å². The largest absolute Gasteiger partial charge is 0.455 e. The Hall–Kier alpha value is -7.41. The van der Waals surface area contributed by atoms with Crippen LogP contribution in [0.5, 0.6) is 0 Å². The molecule has 1 aliphatic carbocycles. The van der Waals surface area contributed by atoms with Crippen molar-refractivity contribution in [2.75, 3.05) is 4.90 Å². The molecule has 2 aromatic heterocycles. The van der Waals surface area contributed by atoms with E-state index in [2.05, 4.69) is 164 Å². The van der Waals surface area contributed by atoms with Crippen molar-refractivity contribution in [1.82, 2.24) is 15.0 Å². The van der Waals surface area contributed by atoms with Crippen LogP contribution in [-0.2, 0) is 5.41 Å². The second-order valence-electron chi connectivity index (χ2n) is 17.9. The monoisotopic (exact) mass is 860 g/mol. The van der Waals surface area contributed by atoms with Crippen LogP contribution in [0.2, 0.25) is 0 Å². The average Bonchev–Trinajstić information content (AvgIpc) is 3.89. The summed E-state index contributed by atoms with van der Waals surface area (Å²) in [6.45, 7) is 4.36. The normalized spacial score (nSPS) is 19.0. The van der Waals surface area contributed by atoms with E-state index in [4.69, 9.17) is 22.1 Å². The molecule has 2 atom stereocenters. The highest BCUT2D eigenvalue weighted by atomic mass is 28.3. The Kier molecular flexibility index (Phi) is 8.29. The van der Waals surface area contributed by atoms with E-state index >= 15 is 0 Å². The molecule has 5 nitrogen and oxygen atoms in total. The van der Waals surface area contributed by atoms with E-state index in [1.807, 2.05) is 36.4 Å². The second-order valence-corrected chi connectivity index (χ2v) is 21.7. The zero-order valence-electron chi connectivity index (χ0n) is 40.3. The van der Waals surface area contributed by atoms with Crippen molar-refractivity contribution >= 4 is 62.4 Å². The van der Waals surface area contributed by atoms with Crippen LogP contribution in [0.25, 0.3) is 55.8 Å². The van der Waals surface area contributed by atoms with Crippen LogP contribution in [0.15, 0.2) is 211 Å². The van der Waals surface area contributed by atoms with Crippen molar-refractivity contribution < 1.29 is 9.90 Å². The molecule has 314 valence electrons. The van der Waals surface area contributed by atoms with E-state index in [0.717, 1.165) is 75.1 Å². The van der Waals surface area contributed by atoms with E-state index in [0.29, 0.717) is 28.8 Å². The Labute approximate surface area is 386 Å². The highest BCUT2D eigenvalue weighted by Gasteiger charge is 2.58. The molecule has 2 aliphatic rings. The lowest BCUT2D eigenvalue weighted by atomic mass is 9.61. The van der Waals surface area contributed by atoms with Crippen LogP contribution in [0.1, 0.15) is 50.6 Å². The summed E-state index contributed by atoms with van der Waals surface area (Å²) >= 11 is 0. The van der Waals surface area contributed by atoms with Gasteiger partial charge < -0.3 is 9.32 Å². The van der Waals surface area contributed by atoms with E-state index < -0.39 is 19.0 Å². The zero-order chi connectivity index (χ0) is 47.1. The van der Waals surface area contributed by atoms with Crippen molar-refractivity contribution in [3.63, 3.8) is 0 Å². The first-order valence-electron chi connectivity index (χ1n) is 24.6. The maximum absolute atomic E-state index is 9.55. The molecule has 3 heterocycles. The van der Waals surface area contributed by atoms with Gasteiger partial charge in [0.05, 0.1) is 11.0 Å². The molecule has 0 spiro atoms. The summed E-state index contributed by atoms with van der Waals surface area (Å²) in [4.78, 5) is 18.4. The fourth-order valence-corrected chi connectivity index (χ4v) is 16.0. The Morgan fingerprint density at radius 1 is 0.538 bits per heavy atom. The molecule has 6 heteroatoms. The maximum atomic E-state index is 9.55. The molecular weight excluding hydrogens is 809 g/mol. The summed E-state index contributed by atoms with van der Waals surface area (Å²) in [7, 11) is -2.97. The van der Waals surface area contributed by atoms with E-state index in [1.165, 1.54) is 15.6 Å². The van der Waals surface area contributed by atoms with E-state index in [1.54, 1.807) is 0 Å². The average molecular weight is 861 g/mol. The lowest BCUT2D eigenvalue weighted by Crippen LogP contribution is -2.74. The number of hydrogen-bond acceptors (Lipinski definition) is 5. The number of fused-ring (bicyclic) bond motifs is 6. The highest BCUT2D eigenvalue weighted by Crippen LogP contribution is 2.60. The van der Waals surface area contributed by atoms with Gasteiger partial charge in [0.2, 0.25) is 5.95 Å². The van der Waals surface area contributed by atoms with Crippen LogP contribution in [-0.4, -0.2) is 28.6 Å². The molecule has 12 rings (SSSR count). The first-order chi connectivity index (χ1) is 33.6. The SMILES string of the molecule is [2H]c1c([2H])c([2H])c2c(c1[2H])N(c1nc(-c3cccc([Si](c4ccccc4)(c4ccccc4)c4ccccc4)c3)nc(-c3ccccc3-c3cccc4c3oc3ccccc34)n1)C1(C)CCCCC21C. The summed E-state index contributed by atoms with van der Waals surface area (Å²) in [6.07, 6.45) is 3.38. The van der Waals surface area contributed by atoms with Gasteiger partial charge in [-0.15, -0.1) is 0 Å². The Morgan fingerprint density at radius 2 is 1.11 bits per heavy atom. The number of furan rings is 1. The number of benzene rings is 8. The number of anilines is 2. The second kappa shape index (κ2) is 15.4. The number of para-hydroxylation sites is 3. The van der Waals surface area contributed by atoms with Gasteiger partial charge in [0.25, 0.3) is 0 Å². The third kappa shape index (κ3) is 6.00. The highest BCUT2D eigenvalue weighted by molar-refractivity contribution is 7.19. The van der Waals surface area contributed by atoms with Gasteiger partial charge >= 0.3 is 0 Å². The first kappa shape index (κ1) is 35.0. The summed E-state index contributed by atoms with van der Waals surface area (Å²) in [5, 5.41) is 6.96. The van der Waals surface area contributed by atoms with Crippen molar-refractivity contribution in [2.45, 2.75) is 50.5 Å². The van der Waals surface area contributed by atoms with Gasteiger partial charge in [-0.3, -0.25) is 0 Å². The summed E-state index contributed by atoms with van der Waals surface area (Å²) in [6, 6.07) is 63.1. The van der Waals surface area contributed by atoms with Gasteiger partial charge in [-0.25, -0.2) is 4.98 Å². The lowest BCUT2D eigenvalue weighted by Gasteiger charge is -2.49. The molecular formula is C59H48N4OSi. The molecule has 1 aliphatic heterocycles. The summed E-state index contributed by atoms with van der Waals surface area (Å²) in [5.41, 5.74) is 4.71. The molecule has 0 radical (unpaired) electrons. The first-order valence-corrected chi connectivity index (χ1v) is 24.6. The van der Waals surface area contributed by atoms with Crippen LogP contribution < -0.4 is 25.6 Å². The minimum absolute atomic E-state index is 0.000335. The molecule has 2 unspecified atom stereocenters. The predicted molar refractivity (Wildman–Crippen MR) is 270 cm³/mol. The fourth-order valence-electron chi connectivity index (χ4n) is 11.2. The van der Waals surface area contributed by atoms with Crippen molar-refractivity contribution in [2.24, 2.45) is 0 Å². The van der Waals surface area contributed by atoms with Gasteiger partial charge in [-0.05, 0) is 63.7 Å². The number of rotatable bonds is 8. The van der Waals surface area contributed by atoms with Gasteiger partial charge in [0.1, 0.15) is 11.2 Å². The van der Waals surface area contributed by atoms with Crippen molar-refractivity contribution in [3.05, 3.63) is 212 Å². The number of nitrogens with zero attached hydrogens (tertiary/aromatic N) is 4. The number of aromatic nitrogens is 3.